The summed E-state index contributed by atoms with van der Waals surface area (Å²) in [5.41, 5.74) is -0.989. The second-order valence-corrected chi connectivity index (χ2v) is 5.79. The molecule has 8 nitrogen and oxygen atoms in total. The summed E-state index contributed by atoms with van der Waals surface area (Å²) < 4.78 is 4.65. The van der Waals surface area contributed by atoms with Crippen molar-refractivity contribution in [2.45, 2.75) is 25.8 Å². The molecule has 2 heterocycles. The van der Waals surface area contributed by atoms with Gasteiger partial charge in [-0.05, 0) is 20.3 Å². The third-order valence-electron chi connectivity index (χ3n) is 3.81. The SMILES string of the molecule is COC(=O)C1CCN(C(=O)CN2C(=O)NC(C)(C)C2=O)C1. The summed E-state index contributed by atoms with van der Waals surface area (Å²) in [4.78, 5) is 49.7. The predicted octanol–water partition coefficient (Wildman–Crippen LogP) is -0.662. The van der Waals surface area contributed by atoms with Crippen LogP contribution in [0.1, 0.15) is 20.3 Å². The number of amides is 4. The number of imide groups is 1. The lowest BCUT2D eigenvalue weighted by Gasteiger charge is -2.20. The molecule has 0 aliphatic carbocycles. The van der Waals surface area contributed by atoms with Crippen molar-refractivity contribution >= 4 is 23.8 Å². The Morgan fingerprint density at radius 3 is 2.57 bits per heavy atom. The van der Waals surface area contributed by atoms with Crippen LogP contribution in [0.25, 0.3) is 0 Å². The Balaban J connectivity index is 1.96. The first-order valence-corrected chi connectivity index (χ1v) is 6.76. The highest BCUT2D eigenvalue weighted by atomic mass is 16.5. The number of nitrogens with zero attached hydrogens (tertiary/aromatic N) is 2. The molecule has 1 unspecified atom stereocenters. The number of carbonyl (C=O) groups is 4. The van der Waals surface area contributed by atoms with Crippen molar-refractivity contribution in [3.8, 4) is 0 Å². The second kappa shape index (κ2) is 5.34. The van der Waals surface area contributed by atoms with Gasteiger partial charge in [0.05, 0.1) is 13.0 Å². The van der Waals surface area contributed by atoms with Crippen LogP contribution in [0, 0.1) is 5.92 Å². The Hall–Kier alpha value is -2.12. The van der Waals surface area contributed by atoms with Gasteiger partial charge in [0.1, 0.15) is 12.1 Å². The van der Waals surface area contributed by atoms with Crippen LogP contribution in [0.3, 0.4) is 0 Å². The highest BCUT2D eigenvalue weighted by Gasteiger charge is 2.45. The van der Waals surface area contributed by atoms with Gasteiger partial charge in [0.25, 0.3) is 5.91 Å². The minimum Gasteiger partial charge on any atom is -0.469 e. The lowest BCUT2D eigenvalue weighted by Crippen LogP contribution is -2.44. The largest absolute Gasteiger partial charge is 0.469 e. The number of ether oxygens (including phenoxy) is 1. The van der Waals surface area contributed by atoms with Crippen molar-refractivity contribution in [2.75, 3.05) is 26.7 Å². The normalized spacial score (nSPS) is 24.2. The van der Waals surface area contributed by atoms with E-state index < -0.39 is 17.5 Å². The molecule has 0 bridgehead atoms. The number of nitrogens with one attached hydrogen (secondary N) is 1. The molecule has 0 radical (unpaired) electrons. The maximum atomic E-state index is 12.2. The Morgan fingerprint density at radius 1 is 1.38 bits per heavy atom. The van der Waals surface area contributed by atoms with Gasteiger partial charge in [0, 0.05) is 13.1 Å². The van der Waals surface area contributed by atoms with E-state index in [2.05, 4.69) is 10.1 Å². The monoisotopic (exact) mass is 297 g/mol. The quantitative estimate of drug-likeness (QED) is 0.551. The highest BCUT2D eigenvalue weighted by molar-refractivity contribution is 6.08. The van der Waals surface area contributed by atoms with E-state index in [0.29, 0.717) is 13.0 Å². The molecule has 0 aromatic rings. The van der Waals surface area contributed by atoms with Crippen LogP contribution in [0.4, 0.5) is 4.79 Å². The summed E-state index contributed by atoms with van der Waals surface area (Å²) in [6, 6.07) is -0.568. The smallest absolute Gasteiger partial charge is 0.325 e. The van der Waals surface area contributed by atoms with E-state index in [0.717, 1.165) is 4.90 Å². The molecule has 21 heavy (non-hydrogen) atoms. The van der Waals surface area contributed by atoms with Crippen molar-refractivity contribution in [1.29, 1.82) is 0 Å². The Labute approximate surface area is 122 Å². The lowest BCUT2D eigenvalue weighted by molar-refractivity contribution is -0.145. The van der Waals surface area contributed by atoms with E-state index in [1.54, 1.807) is 13.8 Å². The average molecular weight is 297 g/mol. The molecule has 116 valence electrons. The van der Waals surface area contributed by atoms with Crippen LogP contribution in [0.15, 0.2) is 0 Å². The third kappa shape index (κ3) is 2.84. The van der Waals surface area contributed by atoms with Crippen molar-refractivity contribution in [3.05, 3.63) is 0 Å². The summed E-state index contributed by atoms with van der Waals surface area (Å²) in [7, 11) is 1.31. The summed E-state index contributed by atoms with van der Waals surface area (Å²) in [6.45, 7) is 3.55. The van der Waals surface area contributed by atoms with Crippen molar-refractivity contribution in [1.82, 2.24) is 15.1 Å². The van der Waals surface area contributed by atoms with Crippen molar-refractivity contribution < 1.29 is 23.9 Å². The zero-order valence-electron chi connectivity index (χ0n) is 12.3. The Kier molecular flexibility index (Phi) is 3.89. The summed E-state index contributed by atoms with van der Waals surface area (Å²) in [5, 5.41) is 2.52. The van der Waals surface area contributed by atoms with Gasteiger partial charge >= 0.3 is 12.0 Å². The Morgan fingerprint density at radius 2 is 2.05 bits per heavy atom. The first-order chi connectivity index (χ1) is 9.76. The van der Waals surface area contributed by atoms with Crippen LogP contribution >= 0.6 is 0 Å². The van der Waals surface area contributed by atoms with Gasteiger partial charge in [0.2, 0.25) is 5.91 Å². The molecule has 8 heteroatoms. The van der Waals surface area contributed by atoms with Gasteiger partial charge in [-0.15, -0.1) is 0 Å². The number of carbonyl (C=O) groups excluding carboxylic acids is 4. The van der Waals surface area contributed by atoms with E-state index in [1.807, 2.05) is 0 Å². The molecule has 0 saturated carbocycles. The fraction of sp³-hybridized carbons (Fsp3) is 0.692. The van der Waals surface area contributed by atoms with Crippen LogP contribution < -0.4 is 5.32 Å². The molecule has 0 aromatic heterocycles. The van der Waals surface area contributed by atoms with Crippen LogP contribution in [-0.4, -0.2) is 65.9 Å². The first kappa shape index (κ1) is 15.3. The molecule has 0 aromatic carbocycles. The van der Waals surface area contributed by atoms with Crippen LogP contribution in [0.5, 0.6) is 0 Å². The molecule has 2 aliphatic heterocycles. The highest BCUT2D eigenvalue weighted by Crippen LogP contribution is 2.20. The molecular formula is C13H19N3O5. The summed E-state index contributed by atoms with van der Waals surface area (Å²) in [6.07, 6.45) is 0.532. The van der Waals surface area contributed by atoms with Gasteiger partial charge < -0.3 is 15.0 Å². The number of likely N-dealkylation sites (tertiary alicyclic amines) is 1. The zero-order chi connectivity index (χ0) is 15.8. The minimum absolute atomic E-state index is 0.262. The number of methoxy groups -OCH3 is 1. The predicted molar refractivity (Wildman–Crippen MR) is 71.0 cm³/mol. The third-order valence-corrected chi connectivity index (χ3v) is 3.81. The van der Waals surface area contributed by atoms with E-state index in [1.165, 1.54) is 12.0 Å². The number of hydrogen-bond donors (Lipinski definition) is 1. The van der Waals surface area contributed by atoms with Gasteiger partial charge in [-0.25, -0.2) is 4.79 Å². The molecule has 2 aliphatic rings. The van der Waals surface area contributed by atoms with Gasteiger partial charge in [-0.3, -0.25) is 19.3 Å². The number of urea groups is 1. The molecule has 4 amide bonds. The fourth-order valence-electron chi connectivity index (χ4n) is 2.54. The summed E-state index contributed by atoms with van der Waals surface area (Å²) >= 11 is 0. The van der Waals surface area contributed by atoms with E-state index in [4.69, 9.17) is 0 Å². The fourth-order valence-corrected chi connectivity index (χ4v) is 2.54. The minimum atomic E-state index is -0.989. The van der Waals surface area contributed by atoms with E-state index in [9.17, 15) is 19.2 Å². The maximum Gasteiger partial charge on any atom is 0.325 e. The van der Waals surface area contributed by atoms with Crippen LogP contribution in [0.2, 0.25) is 0 Å². The average Bonchev–Trinajstić information content (AvgIpc) is 2.97. The van der Waals surface area contributed by atoms with Gasteiger partial charge in [-0.2, -0.15) is 0 Å². The second-order valence-electron chi connectivity index (χ2n) is 5.79. The van der Waals surface area contributed by atoms with Crippen molar-refractivity contribution in [3.63, 3.8) is 0 Å². The van der Waals surface area contributed by atoms with E-state index in [-0.39, 0.29) is 30.9 Å². The van der Waals surface area contributed by atoms with Crippen molar-refractivity contribution in [2.24, 2.45) is 5.92 Å². The number of esters is 1. The summed E-state index contributed by atoms with van der Waals surface area (Å²) in [5.74, 6) is -1.45. The topological polar surface area (TPSA) is 96.0 Å². The molecular weight excluding hydrogens is 278 g/mol. The number of hydrogen-bond acceptors (Lipinski definition) is 5. The number of rotatable bonds is 3. The molecule has 2 rings (SSSR count). The lowest BCUT2D eigenvalue weighted by atomic mass is 10.1. The maximum absolute atomic E-state index is 12.2. The first-order valence-electron chi connectivity index (χ1n) is 6.76. The van der Waals surface area contributed by atoms with Gasteiger partial charge in [-0.1, -0.05) is 0 Å². The Bertz CT molecular complexity index is 502. The molecule has 0 spiro atoms. The zero-order valence-corrected chi connectivity index (χ0v) is 12.3. The molecule has 1 atom stereocenters. The molecule has 2 saturated heterocycles. The van der Waals surface area contributed by atoms with E-state index >= 15 is 0 Å². The standard InChI is InChI=1S/C13H19N3O5/c1-13(2)11(19)16(12(20)14-13)7-9(17)15-5-4-8(6-15)10(18)21-3/h8H,4-7H2,1-3H3,(H,14,20). The molecule has 1 N–H and O–H groups in total. The van der Waals surface area contributed by atoms with Gasteiger partial charge in [0.15, 0.2) is 0 Å². The molecule has 2 fully saturated rings. The van der Waals surface area contributed by atoms with Crippen LogP contribution in [-0.2, 0) is 19.1 Å².